The van der Waals surface area contributed by atoms with Crippen molar-refractivity contribution in [1.29, 1.82) is 0 Å². The van der Waals surface area contributed by atoms with Crippen LogP contribution < -0.4 is 5.73 Å². The fraction of sp³-hybridized carbons (Fsp3) is 0.385. The van der Waals surface area contributed by atoms with E-state index >= 15 is 0 Å². The van der Waals surface area contributed by atoms with E-state index in [9.17, 15) is 4.79 Å². The Hall–Kier alpha value is -1.13. The maximum Gasteiger partial charge on any atom is 0.226 e. The zero-order valence-electron chi connectivity index (χ0n) is 10.4. The van der Waals surface area contributed by atoms with Gasteiger partial charge in [0.1, 0.15) is 0 Å². The van der Waals surface area contributed by atoms with Crippen molar-refractivity contribution in [3.8, 4) is 0 Å². The van der Waals surface area contributed by atoms with Crippen molar-refractivity contribution < 1.29 is 4.79 Å². The second kappa shape index (κ2) is 7.34. The quantitative estimate of drug-likeness (QED) is 0.816. The van der Waals surface area contributed by atoms with Crippen molar-refractivity contribution in [2.45, 2.75) is 19.8 Å². The number of nitrogens with two attached hydrogens (primary N) is 1. The predicted molar refractivity (Wildman–Crippen MR) is 78.8 cm³/mol. The van der Waals surface area contributed by atoms with E-state index in [-0.39, 0.29) is 5.91 Å². The summed E-state index contributed by atoms with van der Waals surface area (Å²) in [6.07, 6.45) is 0.913. The molecule has 0 aliphatic heterocycles. The average Bonchev–Trinajstić information content (AvgIpc) is 2.29. The molecular formula is C13H17ClN2OS. The first-order valence-electron chi connectivity index (χ1n) is 5.83. The van der Waals surface area contributed by atoms with E-state index in [1.165, 1.54) is 0 Å². The molecule has 0 unspecified atom stereocenters. The van der Waals surface area contributed by atoms with E-state index in [4.69, 9.17) is 29.6 Å². The number of halogens is 1. The van der Waals surface area contributed by atoms with Gasteiger partial charge in [0, 0.05) is 24.5 Å². The minimum atomic E-state index is 0.0658. The van der Waals surface area contributed by atoms with Crippen LogP contribution in [0.25, 0.3) is 0 Å². The summed E-state index contributed by atoms with van der Waals surface area (Å²) in [4.78, 5) is 14.3. The molecule has 0 bridgehead atoms. The second-order valence-electron chi connectivity index (χ2n) is 4.00. The summed E-state index contributed by atoms with van der Waals surface area (Å²) in [6, 6.07) is 7.34. The Bertz CT molecular complexity index is 437. The standard InChI is InChI=1S/C13H17ClN2OS/c1-2-16(7-6-12(15)18)13(17)9-10-4-3-5-11(14)8-10/h3-5,8H,2,6-7,9H2,1H3,(H2,15,18). The first-order valence-corrected chi connectivity index (χ1v) is 6.62. The zero-order chi connectivity index (χ0) is 13.5. The van der Waals surface area contributed by atoms with Crippen LogP contribution in [0.5, 0.6) is 0 Å². The molecule has 0 fully saturated rings. The van der Waals surface area contributed by atoms with Crippen molar-refractivity contribution in [2.75, 3.05) is 13.1 Å². The topological polar surface area (TPSA) is 46.3 Å². The Morgan fingerprint density at radius 2 is 2.22 bits per heavy atom. The number of likely N-dealkylation sites (N-methyl/N-ethyl adjacent to an activating group) is 1. The number of hydrogen-bond acceptors (Lipinski definition) is 2. The lowest BCUT2D eigenvalue weighted by atomic mass is 10.1. The maximum absolute atomic E-state index is 12.1. The van der Waals surface area contributed by atoms with Crippen LogP contribution in [0, 0.1) is 0 Å². The molecule has 1 aromatic rings. The summed E-state index contributed by atoms with van der Waals surface area (Å²) in [5.41, 5.74) is 6.36. The number of hydrogen-bond donors (Lipinski definition) is 1. The highest BCUT2D eigenvalue weighted by Crippen LogP contribution is 2.12. The molecule has 0 aliphatic rings. The van der Waals surface area contributed by atoms with Gasteiger partial charge in [-0.2, -0.15) is 0 Å². The lowest BCUT2D eigenvalue weighted by Crippen LogP contribution is -2.34. The number of benzene rings is 1. The molecule has 0 aliphatic carbocycles. The second-order valence-corrected chi connectivity index (χ2v) is 4.96. The van der Waals surface area contributed by atoms with E-state index in [1.54, 1.807) is 17.0 Å². The van der Waals surface area contributed by atoms with Gasteiger partial charge in [-0.15, -0.1) is 0 Å². The van der Waals surface area contributed by atoms with Crippen LogP contribution in [0.15, 0.2) is 24.3 Å². The minimum absolute atomic E-state index is 0.0658. The summed E-state index contributed by atoms with van der Waals surface area (Å²) >= 11 is 10.7. The molecule has 0 saturated carbocycles. The normalized spacial score (nSPS) is 10.1. The zero-order valence-corrected chi connectivity index (χ0v) is 11.9. The third-order valence-corrected chi connectivity index (χ3v) is 3.05. The van der Waals surface area contributed by atoms with Crippen LogP contribution in [0.1, 0.15) is 18.9 Å². The molecule has 0 radical (unpaired) electrons. The predicted octanol–water partition coefficient (Wildman–Crippen LogP) is 2.41. The molecular weight excluding hydrogens is 268 g/mol. The van der Waals surface area contributed by atoms with Gasteiger partial charge in [0.15, 0.2) is 0 Å². The van der Waals surface area contributed by atoms with Gasteiger partial charge in [-0.05, 0) is 24.6 Å². The fourth-order valence-electron chi connectivity index (χ4n) is 1.64. The van der Waals surface area contributed by atoms with E-state index in [2.05, 4.69) is 0 Å². The third-order valence-electron chi connectivity index (χ3n) is 2.61. The van der Waals surface area contributed by atoms with Crippen molar-refractivity contribution in [3.05, 3.63) is 34.9 Å². The first-order chi connectivity index (χ1) is 8.52. The monoisotopic (exact) mass is 284 g/mol. The number of rotatable bonds is 6. The summed E-state index contributed by atoms with van der Waals surface area (Å²) < 4.78 is 0. The van der Waals surface area contributed by atoms with Crippen LogP contribution in [0.3, 0.4) is 0 Å². The smallest absolute Gasteiger partial charge is 0.226 e. The highest BCUT2D eigenvalue weighted by atomic mass is 35.5. The van der Waals surface area contributed by atoms with E-state index in [0.29, 0.717) is 35.9 Å². The molecule has 0 aromatic heterocycles. The molecule has 0 atom stereocenters. The molecule has 18 heavy (non-hydrogen) atoms. The fourth-order valence-corrected chi connectivity index (χ4v) is 1.94. The summed E-state index contributed by atoms with van der Waals surface area (Å²) in [5.74, 6) is 0.0658. The van der Waals surface area contributed by atoms with Crippen molar-refractivity contribution in [1.82, 2.24) is 4.90 Å². The molecule has 1 rings (SSSR count). The molecule has 98 valence electrons. The highest BCUT2D eigenvalue weighted by Gasteiger charge is 2.12. The summed E-state index contributed by atoms with van der Waals surface area (Å²) in [6.45, 7) is 3.17. The Morgan fingerprint density at radius 1 is 1.50 bits per heavy atom. The molecule has 3 nitrogen and oxygen atoms in total. The van der Waals surface area contributed by atoms with Gasteiger partial charge in [0.05, 0.1) is 11.4 Å². The lowest BCUT2D eigenvalue weighted by molar-refractivity contribution is -0.130. The van der Waals surface area contributed by atoms with Gasteiger partial charge in [0.2, 0.25) is 5.91 Å². The number of carbonyl (C=O) groups excluding carboxylic acids is 1. The van der Waals surface area contributed by atoms with Gasteiger partial charge < -0.3 is 10.6 Å². The molecule has 1 amide bonds. The molecule has 5 heteroatoms. The van der Waals surface area contributed by atoms with Crippen LogP contribution in [0.4, 0.5) is 0 Å². The largest absolute Gasteiger partial charge is 0.393 e. The Kier molecular flexibility index (Phi) is 6.09. The highest BCUT2D eigenvalue weighted by molar-refractivity contribution is 7.80. The van der Waals surface area contributed by atoms with Gasteiger partial charge >= 0.3 is 0 Å². The number of amides is 1. The third kappa shape index (κ3) is 5.02. The number of nitrogens with zero attached hydrogens (tertiary/aromatic N) is 1. The van der Waals surface area contributed by atoms with Gasteiger partial charge in [0.25, 0.3) is 0 Å². The van der Waals surface area contributed by atoms with Crippen molar-refractivity contribution in [2.24, 2.45) is 5.73 Å². The van der Waals surface area contributed by atoms with Gasteiger partial charge in [-0.25, -0.2) is 0 Å². The Morgan fingerprint density at radius 3 is 2.78 bits per heavy atom. The van der Waals surface area contributed by atoms with E-state index < -0.39 is 0 Å². The summed E-state index contributed by atoms with van der Waals surface area (Å²) in [7, 11) is 0. The van der Waals surface area contributed by atoms with Crippen LogP contribution >= 0.6 is 23.8 Å². The molecule has 0 spiro atoms. The Labute approximate surface area is 118 Å². The first kappa shape index (κ1) is 14.9. The van der Waals surface area contributed by atoms with Gasteiger partial charge in [-0.3, -0.25) is 4.79 Å². The van der Waals surface area contributed by atoms with Crippen LogP contribution in [0.2, 0.25) is 5.02 Å². The molecule has 0 heterocycles. The van der Waals surface area contributed by atoms with E-state index in [1.807, 2.05) is 19.1 Å². The van der Waals surface area contributed by atoms with Crippen molar-refractivity contribution in [3.63, 3.8) is 0 Å². The average molecular weight is 285 g/mol. The molecule has 0 saturated heterocycles. The molecule has 1 aromatic carbocycles. The SMILES string of the molecule is CCN(CCC(N)=S)C(=O)Cc1cccc(Cl)c1. The van der Waals surface area contributed by atoms with Gasteiger partial charge in [-0.1, -0.05) is 36.0 Å². The summed E-state index contributed by atoms with van der Waals surface area (Å²) in [5, 5.41) is 0.645. The maximum atomic E-state index is 12.1. The molecule has 2 N–H and O–H groups in total. The van der Waals surface area contributed by atoms with Crippen LogP contribution in [-0.4, -0.2) is 28.9 Å². The number of thiocarbonyl (C=S) groups is 1. The number of carbonyl (C=O) groups is 1. The Balaban J connectivity index is 2.59. The lowest BCUT2D eigenvalue weighted by Gasteiger charge is -2.20. The van der Waals surface area contributed by atoms with Crippen LogP contribution in [-0.2, 0) is 11.2 Å². The minimum Gasteiger partial charge on any atom is -0.393 e. The van der Waals surface area contributed by atoms with Crippen molar-refractivity contribution >= 4 is 34.7 Å². The van der Waals surface area contributed by atoms with E-state index in [0.717, 1.165) is 5.56 Å².